The van der Waals surface area contributed by atoms with E-state index in [0.29, 0.717) is 12.0 Å². The van der Waals surface area contributed by atoms with Gasteiger partial charge >= 0.3 is 5.97 Å². The van der Waals surface area contributed by atoms with E-state index in [2.05, 4.69) is 0 Å². The molecule has 3 aliphatic rings. The van der Waals surface area contributed by atoms with Gasteiger partial charge < -0.3 is 20.1 Å². The van der Waals surface area contributed by atoms with Crippen LogP contribution in [0, 0.1) is 17.3 Å². The first kappa shape index (κ1) is 13.8. The minimum atomic E-state index is -1.31. The van der Waals surface area contributed by atoms with E-state index in [1.54, 1.807) is 6.08 Å². The van der Waals surface area contributed by atoms with Gasteiger partial charge in [0, 0.05) is 11.5 Å². The van der Waals surface area contributed by atoms with E-state index in [-0.39, 0.29) is 22.8 Å². The van der Waals surface area contributed by atoms with E-state index in [0.717, 1.165) is 5.57 Å². The third kappa shape index (κ3) is 1.70. The Morgan fingerprint density at radius 2 is 1.95 bits per heavy atom. The fraction of sp³-hybridized carbons (Fsp3) is 0.667. The Kier molecular flexibility index (Phi) is 2.87. The van der Waals surface area contributed by atoms with Crippen LogP contribution in [0.1, 0.15) is 27.2 Å². The molecule has 110 valence electrons. The van der Waals surface area contributed by atoms with Gasteiger partial charge in [-0.2, -0.15) is 0 Å². The van der Waals surface area contributed by atoms with Gasteiger partial charge in [-0.15, -0.1) is 0 Å². The zero-order chi connectivity index (χ0) is 14.8. The molecule has 0 amide bonds. The molecule has 1 heterocycles. The number of carbonyl (C=O) groups is 1. The topological polar surface area (TPSA) is 87.0 Å². The van der Waals surface area contributed by atoms with Gasteiger partial charge in [-0.25, -0.2) is 4.79 Å². The molecule has 0 spiro atoms. The summed E-state index contributed by atoms with van der Waals surface area (Å²) in [7, 11) is 0. The number of cyclic esters (lactones) is 1. The molecule has 3 rings (SSSR count). The maximum absolute atomic E-state index is 11.8. The second kappa shape index (κ2) is 4.16. The minimum Gasteiger partial charge on any atom is -0.428 e. The molecule has 5 atom stereocenters. The summed E-state index contributed by atoms with van der Waals surface area (Å²) in [4.78, 5) is 11.8. The van der Waals surface area contributed by atoms with Crippen LogP contribution in [0.15, 0.2) is 22.8 Å². The molecule has 5 nitrogen and oxygen atoms in total. The molecule has 0 saturated heterocycles. The number of esters is 1. The van der Waals surface area contributed by atoms with Crippen molar-refractivity contribution in [3.63, 3.8) is 0 Å². The van der Waals surface area contributed by atoms with E-state index >= 15 is 0 Å². The van der Waals surface area contributed by atoms with Crippen molar-refractivity contribution >= 4 is 5.97 Å². The molecule has 0 aromatic heterocycles. The predicted octanol–water partition coefficient (Wildman–Crippen LogP) is 0.502. The van der Waals surface area contributed by atoms with Gasteiger partial charge in [0.1, 0.15) is 0 Å². The lowest BCUT2D eigenvalue weighted by Crippen LogP contribution is -2.37. The van der Waals surface area contributed by atoms with Gasteiger partial charge in [-0.05, 0) is 17.8 Å². The summed E-state index contributed by atoms with van der Waals surface area (Å²) < 4.78 is 4.79. The highest BCUT2D eigenvalue weighted by molar-refractivity contribution is 5.94. The summed E-state index contributed by atoms with van der Waals surface area (Å²) >= 11 is 0. The summed E-state index contributed by atoms with van der Waals surface area (Å²) in [6.07, 6.45) is -0.511. The number of aliphatic hydroxyl groups excluding tert-OH is 3. The van der Waals surface area contributed by atoms with Gasteiger partial charge in [0.25, 0.3) is 0 Å². The van der Waals surface area contributed by atoms with Crippen LogP contribution in [0.3, 0.4) is 0 Å². The van der Waals surface area contributed by atoms with E-state index < -0.39 is 24.5 Å². The van der Waals surface area contributed by atoms with Crippen molar-refractivity contribution in [3.05, 3.63) is 22.8 Å². The zero-order valence-corrected chi connectivity index (χ0v) is 11.8. The van der Waals surface area contributed by atoms with Crippen LogP contribution in [0.25, 0.3) is 0 Å². The molecule has 0 aromatic rings. The number of rotatable bonds is 0. The van der Waals surface area contributed by atoms with Crippen LogP contribution in [0.5, 0.6) is 0 Å². The van der Waals surface area contributed by atoms with E-state index in [1.165, 1.54) is 0 Å². The number of hydrogen-bond donors (Lipinski definition) is 3. The van der Waals surface area contributed by atoms with Gasteiger partial charge in [0.05, 0.1) is 17.8 Å². The van der Waals surface area contributed by atoms with Crippen molar-refractivity contribution in [1.29, 1.82) is 0 Å². The highest BCUT2D eigenvalue weighted by Crippen LogP contribution is 2.51. The van der Waals surface area contributed by atoms with Crippen molar-refractivity contribution in [2.45, 2.75) is 45.7 Å². The Morgan fingerprint density at radius 1 is 1.30 bits per heavy atom. The minimum absolute atomic E-state index is 0.136. The van der Waals surface area contributed by atoms with Crippen molar-refractivity contribution in [3.8, 4) is 0 Å². The summed E-state index contributed by atoms with van der Waals surface area (Å²) in [5, 5.41) is 30.8. The maximum Gasteiger partial charge on any atom is 0.339 e. The third-order valence-corrected chi connectivity index (χ3v) is 4.95. The van der Waals surface area contributed by atoms with Crippen molar-refractivity contribution in [1.82, 2.24) is 0 Å². The van der Waals surface area contributed by atoms with E-state index in [9.17, 15) is 20.1 Å². The number of fused-ring (bicyclic) bond motifs is 1. The first-order valence-corrected chi connectivity index (χ1v) is 6.94. The molecule has 5 heteroatoms. The Bertz CT molecular complexity index is 530. The number of carbonyl (C=O) groups excluding carboxylic acids is 1. The monoisotopic (exact) mass is 280 g/mol. The quantitative estimate of drug-likeness (QED) is 0.563. The van der Waals surface area contributed by atoms with Crippen molar-refractivity contribution in [2.24, 2.45) is 17.3 Å². The van der Waals surface area contributed by atoms with E-state index in [4.69, 9.17) is 4.74 Å². The van der Waals surface area contributed by atoms with Gasteiger partial charge in [0.2, 0.25) is 6.29 Å². The molecular formula is C15H20O5. The number of hydrogen-bond acceptors (Lipinski definition) is 5. The van der Waals surface area contributed by atoms with Gasteiger partial charge in [-0.1, -0.05) is 32.4 Å². The number of aliphatic hydroxyl groups is 3. The molecule has 3 N–H and O–H groups in total. The molecule has 2 aliphatic carbocycles. The van der Waals surface area contributed by atoms with Crippen LogP contribution >= 0.6 is 0 Å². The second-order valence-corrected chi connectivity index (χ2v) is 6.79. The predicted molar refractivity (Wildman–Crippen MR) is 70.3 cm³/mol. The fourth-order valence-corrected chi connectivity index (χ4v) is 3.79. The third-order valence-electron chi connectivity index (χ3n) is 4.95. The Hall–Kier alpha value is -1.17. The lowest BCUT2D eigenvalue weighted by molar-refractivity contribution is -0.152. The van der Waals surface area contributed by atoms with Crippen LogP contribution in [0.2, 0.25) is 0 Å². The Balaban J connectivity index is 2.13. The summed E-state index contributed by atoms with van der Waals surface area (Å²) in [5.41, 5.74) is 1.17. The lowest BCUT2D eigenvalue weighted by atomic mass is 9.79. The first-order chi connectivity index (χ1) is 9.24. The van der Waals surface area contributed by atoms with Gasteiger partial charge in [-0.3, -0.25) is 0 Å². The second-order valence-electron chi connectivity index (χ2n) is 6.79. The molecule has 0 radical (unpaired) electrons. The first-order valence-electron chi connectivity index (χ1n) is 6.94. The average molecular weight is 280 g/mol. The van der Waals surface area contributed by atoms with Crippen molar-refractivity contribution < 1.29 is 24.9 Å². The summed E-state index contributed by atoms with van der Waals surface area (Å²) in [6.45, 7) is 5.78. The highest BCUT2D eigenvalue weighted by Gasteiger charge is 2.51. The Labute approximate surface area is 117 Å². The molecule has 1 fully saturated rings. The molecule has 5 unspecified atom stereocenters. The molecule has 1 aliphatic heterocycles. The SMILES string of the molecule is CC1C(O)C2=C(C=C3CC(C)(C)C(O)C31)C(O)OC2=O. The average Bonchev–Trinajstić information content (AvgIpc) is 2.69. The lowest BCUT2D eigenvalue weighted by Gasteiger charge is -2.30. The molecule has 0 aromatic carbocycles. The maximum atomic E-state index is 11.8. The summed E-state index contributed by atoms with van der Waals surface area (Å²) in [5.74, 6) is -1.17. The standard InChI is InChI=1S/C15H20O5/c1-6-9-7(5-15(2,3)12(9)17)4-8-10(11(6)16)14(19)20-13(8)18/h4,6,9,11-13,16-18H,5H2,1-3H3. The van der Waals surface area contributed by atoms with Crippen LogP contribution in [-0.4, -0.2) is 39.8 Å². The number of ether oxygens (including phenoxy) is 1. The van der Waals surface area contributed by atoms with Crippen LogP contribution < -0.4 is 0 Å². The zero-order valence-electron chi connectivity index (χ0n) is 11.8. The Morgan fingerprint density at radius 3 is 2.60 bits per heavy atom. The van der Waals surface area contributed by atoms with Crippen molar-refractivity contribution in [2.75, 3.05) is 0 Å². The summed E-state index contributed by atoms with van der Waals surface area (Å²) in [6, 6.07) is 0. The van der Waals surface area contributed by atoms with Gasteiger partial charge in [0.15, 0.2) is 0 Å². The van der Waals surface area contributed by atoms with E-state index in [1.807, 2.05) is 20.8 Å². The molecule has 20 heavy (non-hydrogen) atoms. The highest BCUT2D eigenvalue weighted by atomic mass is 16.6. The molecular weight excluding hydrogens is 260 g/mol. The molecule has 0 bridgehead atoms. The fourth-order valence-electron chi connectivity index (χ4n) is 3.79. The largest absolute Gasteiger partial charge is 0.428 e. The van der Waals surface area contributed by atoms with Crippen LogP contribution in [0.4, 0.5) is 0 Å². The normalized spacial score (nSPS) is 42.8. The molecule has 1 saturated carbocycles. The smallest absolute Gasteiger partial charge is 0.339 e. The van der Waals surface area contributed by atoms with Crippen LogP contribution in [-0.2, 0) is 9.53 Å².